The second-order valence-corrected chi connectivity index (χ2v) is 7.47. The predicted octanol–water partition coefficient (Wildman–Crippen LogP) is -1.15. The molecule has 0 saturated carbocycles. The molecule has 1 fully saturated rings. The Bertz CT molecular complexity index is 360. The predicted molar refractivity (Wildman–Crippen MR) is 51.2 cm³/mol. The monoisotopic (exact) mass is 243 g/mol. The van der Waals surface area contributed by atoms with Crippen LogP contribution < -0.4 is 5.32 Å². The molecule has 6 nitrogen and oxygen atoms in total. The third-order valence-corrected chi connectivity index (χ3v) is 6.18. The highest BCUT2D eigenvalue weighted by atomic mass is 32.3. The first-order valence-electron chi connectivity index (χ1n) is 4.09. The van der Waals surface area contributed by atoms with Crippen molar-refractivity contribution in [3.05, 3.63) is 0 Å². The van der Waals surface area contributed by atoms with Crippen LogP contribution in [-0.2, 0) is 20.0 Å². The lowest BCUT2D eigenvalue weighted by atomic mass is 10.1. The normalized spacial score (nSPS) is 26.3. The zero-order chi connectivity index (χ0) is 11.0. The van der Waals surface area contributed by atoms with Crippen LogP contribution in [-0.4, -0.2) is 45.3 Å². The van der Waals surface area contributed by atoms with E-state index in [1.165, 1.54) is 0 Å². The Hall–Kier alpha value is -0.180. The molecule has 0 radical (unpaired) electrons. The Morgan fingerprint density at radius 2 is 1.93 bits per heavy atom. The van der Waals surface area contributed by atoms with E-state index in [4.69, 9.17) is 4.55 Å². The SMILES string of the molecule is CS(=O)(=O)[C@@H](C1CCNC1)S(=O)(=O)O. The number of hydrogen-bond donors (Lipinski definition) is 2. The molecule has 0 spiro atoms. The minimum absolute atomic E-state index is 0.303. The molecule has 14 heavy (non-hydrogen) atoms. The van der Waals surface area contributed by atoms with Gasteiger partial charge in [-0.1, -0.05) is 0 Å². The Kier molecular flexibility index (Phi) is 3.20. The summed E-state index contributed by atoms with van der Waals surface area (Å²) in [6.07, 6.45) is 1.27. The first kappa shape index (κ1) is 11.9. The van der Waals surface area contributed by atoms with Gasteiger partial charge in [-0.05, 0) is 13.0 Å². The molecule has 0 aliphatic carbocycles. The highest BCUT2D eigenvalue weighted by Crippen LogP contribution is 2.22. The molecular weight excluding hydrogens is 230 g/mol. The molecule has 1 saturated heterocycles. The van der Waals surface area contributed by atoms with E-state index in [0.717, 1.165) is 6.26 Å². The zero-order valence-corrected chi connectivity index (χ0v) is 9.31. The van der Waals surface area contributed by atoms with E-state index in [2.05, 4.69) is 5.32 Å². The molecular formula is C6H13NO5S2. The third kappa shape index (κ3) is 2.66. The van der Waals surface area contributed by atoms with E-state index >= 15 is 0 Å². The van der Waals surface area contributed by atoms with Crippen LogP contribution in [0.15, 0.2) is 0 Å². The quantitative estimate of drug-likeness (QED) is 0.607. The van der Waals surface area contributed by atoms with E-state index in [0.29, 0.717) is 19.5 Å². The fourth-order valence-corrected chi connectivity index (χ4v) is 5.14. The minimum atomic E-state index is -4.53. The topological polar surface area (TPSA) is 101 Å². The van der Waals surface area contributed by atoms with Crippen LogP contribution in [0.4, 0.5) is 0 Å². The van der Waals surface area contributed by atoms with Crippen molar-refractivity contribution in [3.63, 3.8) is 0 Å². The summed E-state index contributed by atoms with van der Waals surface area (Å²) in [7, 11) is -8.32. The fourth-order valence-electron chi connectivity index (χ4n) is 1.72. The van der Waals surface area contributed by atoms with E-state index < -0.39 is 30.5 Å². The lowest BCUT2D eigenvalue weighted by Gasteiger charge is -2.17. The summed E-state index contributed by atoms with van der Waals surface area (Å²) in [6.45, 7) is 0.879. The summed E-state index contributed by atoms with van der Waals surface area (Å²) < 4.78 is 51.4. The molecule has 0 aromatic rings. The van der Waals surface area contributed by atoms with Gasteiger partial charge in [0, 0.05) is 18.7 Å². The first-order chi connectivity index (χ1) is 6.23. The first-order valence-corrected chi connectivity index (χ1v) is 7.54. The summed E-state index contributed by atoms with van der Waals surface area (Å²) in [4.78, 5) is 0. The van der Waals surface area contributed by atoms with Gasteiger partial charge in [0.1, 0.15) is 0 Å². The van der Waals surface area contributed by atoms with Gasteiger partial charge >= 0.3 is 0 Å². The summed E-state index contributed by atoms with van der Waals surface area (Å²) in [6, 6.07) is 0. The molecule has 2 N–H and O–H groups in total. The Balaban J connectivity index is 3.06. The van der Waals surface area contributed by atoms with Crippen molar-refractivity contribution in [1.29, 1.82) is 0 Å². The molecule has 0 amide bonds. The van der Waals surface area contributed by atoms with Gasteiger partial charge in [0.05, 0.1) is 0 Å². The molecule has 1 aliphatic heterocycles. The molecule has 1 heterocycles. The molecule has 1 rings (SSSR count). The number of sulfone groups is 1. The Morgan fingerprint density at radius 3 is 2.21 bits per heavy atom. The summed E-state index contributed by atoms with van der Waals surface area (Å²) >= 11 is 0. The molecule has 0 aromatic heterocycles. The van der Waals surface area contributed by atoms with Crippen LogP contribution in [0, 0.1) is 5.92 Å². The second-order valence-electron chi connectivity index (χ2n) is 3.47. The Morgan fingerprint density at radius 1 is 1.36 bits per heavy atom. The Labute approximate surface area is 83.4 Å². The van der Waals surface area contributed by atoms with Gasteiger partial charge in [-0.3, -0.25) is 4.55 Å². The maximum absolute atomic E-state index is 11.2. The van der Waals surface area contributed by atoms with Crippen LogP contribution in [0.3, 0.4) is 0 Å². The van der Waals surface area contributed by atoms with E-state index in [-0.39, 0.29) is 0 Å². The van der Waals surface area contributed by atoms with Crippen LogP contribution in [0.25, 0.3) is 0 Å². The van der Waals surface area contributed by atoms with Gasteiger partial charge in [-0.2, -0.15) is 8.42 Å². The van der Waals surface area contributed by atoms with Gasteiger partial charge in [-0.25, -0.2) is 8.42 Å². The molecule has 8 heteroatoms. The number of hydrogen-bond acceptors (Lipinski definition) is 5. The van der Waals surface area contributed by atoms with Crippen molar-refractivity contribution < 1.29 is 21.4 Å². The average Bonchev–Trinajstić information content (AvgIpc) is 2.31. The van der Waals surface area contributed by atoms with Crippen molar-refractivity contribution >= 4 is 20.0 Å². The van der Waals surface area contributed by atoms with Crippen LogP contribution in [0.1, 0.15) is 6.42 Å². The second kappa shape index (κ2) is 3.76. The maximum Gasteiger partial charge on any atom is 0.282 e. The van der Waals surface area contributed by atoms with Crippen LogP contribution in [0.5, 0.6) is 0 Å². The number of nitrogens with one attached hydrogen (secondary N) is 1. The van der Waals surface area contributed by atoms with Gasteiger partial charge in [0.25, 0.3) is 10.1 Å². The van der Waals surface area contributed by atoms with Crippen molar-refractivity contribution in [1.82, 2.24) is 5.32 Å². The van der Waals surface area contributed by atoms with Gasteiger partial charge in [0.2, 0.25) is 0 Å². The minimum Gasteiger partial charge on any atom is -0.316 e. The molecule has 0 aromatic carbocycles. The van der Waals surface area contributed by atoms with Gasteiger partial charge in [-0.15, -0.1) is 0 Å². The van der Waals surface area contributed by atoms with Crippen molar-refractivity contribution in [2.24, 2.45) is 5.92 Å². The summed E-state index contributed by atoms with van der Waals surface area (Å²) in [5.41, 5.74) is 0. The van der Waals surface area contributed by atoms with E-state index in [1.54, 1.807) is 0 Å². The van der Waals surface area contributed by atoms with Gasteiger partial charge in [0.15, 0.2) is 14.4 Å². The lowest BCUT2D eigenvalue weighted by Crippen LogP contribution is -2.37. The van der Waals surface area contributed by atoms with Crippen molar-refractivity contribution in [3.8, 4) is 0 Å². The van der Waals surface area contributed by atoms with E-state index in [1.807, 2.05) is 0 Å². The molecule has 2 atom stereocenters. The highest BCUT2D eigenvalue weighted by molar-refractivity contribution is 8.06. The third-order valence-electron chi connectivity index (χ3n) is 2.20. The standard InChI is InChI=1S/C6H13NO5S2/c1-13(8,9)6(14(10,11)12)5-2-3-7-4-5/h5-7H,2-4H2,1H3,(H,10,11,12)/t5?,6-/m1/s1. The highest BCUT2D eigenvalue weighted by Gasteiger charge is 2.41. The van der Waals surface area contributed by atoms with Crippen LogP contribution >= 0.6 is 0 Å². The summed E-state index contributed by atoms with van der Waals surface area (Å²) in [5, 5.41) is 2.86. The van der Waals surface area contributed by atoms with Crippen molar-refractivity contribution in [2.45, 2.75) is 11.0 Å². The molecule has 84 valence electrons. The van der Waals surface area contributed by atoms with Crippen LogP contribution in [0.2, 0.25) is 0 Å². The largest absolute Gasteiger partial charge is 0.316 e. The van der Waals surface area contributed by atoms with Crippen molar-refractivity contribution in [2.75, 3.05) is 19.3 Å². The fraction of sp³-hybridized carbons (Fsp3) is 1.00. The maximum atomic E-state index is 11.2. The summed E-state index contributed by atoms with van der Waals surface area (Å²) in [5.74, 6) is -0.556. The molecule has 1 aliphatic rings. The van der Waals surface area contributed by atoms with Gasteiger partial charge < -0.3 is 5.32 Å². The lowest BCUT2D eigenvalue weighted by molar-refractivity contribution is 0.455. The molecule has 1 unspecified atom stereocenters. The smallest absolute Gasteiger partial charge is 0.282 e. The average molecular weight is 243 g/mol. The van der Waals surface area contributed by atoms with E-state index in [9.17, 15) is 16.8 Å². The number of rotatable bonds is 3. The molecule has 0 bridgehead atoms. The zero-order valence-electron chi connectivity index (χ0n) is 7.67.